The van der Waals surface area contributed by atoms with E-state index in [9.17, 15) is 25.2 Å². The highest BCUT2D eigenvalue weighted by Gasteiger charge is 2.51. The number of aliphatic hydroxyl groups excluding tert-OH is 4. The number of amides is 1. The van der Waals surface area contributed by atoms with E-state index in [1.54, 1.807) is 9.58 Å². The van der Waals surface area contributed by atoms with Gasteiger partial charge in [-0.1, -0.05) is 5.21 Å². The number of carbonyl (C=O) groups excluding carboxylic acids is 1. The number of nitrogens with one attached hydrogen (secondary N) is 1. The Morgan fingerprint density at radius 2 is 1.69 bits per heavy atom. The van der Waals surface area contributed by atoms with E-state index in [0.717, 1.165) is 30.1 Å². The fourth-order valence-electron chi connectivity index (χ4n) is 8.07. The third-order valence-corrected chi connectivity index (χ3v) is 9.12. The van der Waals surface area contributed by atoms with Gasteiger partial charge in [-0.05, 0) is 61.7 Å². The predicted molar refractivity (Wildman–Crippen MR) is 128 cm³/mol. The lowest BCUT2D eigenvalue weighted by molar-refractivity contribution is -0.145. The van der Waals surface area contributed by atoms with E-state index in [1.165, 1.54) is 45.4 Å². The third kappa shape index (κ3) is 5.19. The molecule has 1 saturated heterocycles. The van der Waals surface area contributed by atoms with Gasteiger partial charge in [0.2, 0.25) is 5.91 Å². The normalized spacial score (nSPS) is 40.0. The summed E-state index contributed by atoms with van der Waals surface area (Å²) in [5.74, 6) is 2.31. The van der Waals surface area contributed by atoms with Crippen LogP contribution in [0.15, 0.2) is 6.20 Å². The summed E-state index contributed by atoms with van der Waals surface area (Å²) in [7, 11) is 0. The number of rotatable bonds is 10. The predicted octanol–water partition coefficient (Wildman–Crippen LogP) is -0.725. The minimum Gasteiger partial charge on any atom is -0.395 e. The van der Waals surface area contributed by atoms with Crippen LogP contribution in [0.2, 0.25) is 0 Å². The molecule has 11 nitrogen and oxygen atoms in total. The Hall–Kier alpha value is -1.63. The quantitative estimate of drug-likeness (QED) is 0.276. The minimum atomic E-state index is -1.30. The molecule has 4 saturated carbocycles. The maximum atomic E-state index is 11.6. The van der Waals surface area contributed by atoms with Gasteiger partial charge in [0, 0.05) is 13.5 Å². The standard InChI is InChI=1S/C25H41N5O6/c1-15(33)26-22-20(11-31)30(21(12-32)23(34)24(22)35)3-2-29-10-19(27-28-29)13-36-14-25-7-16-4-17(8-25)6-18(5-16)9-25/h10,16-18,20-24,31-32,34-35H,2-9,11-14H2,1H3,(H,26,33)/t16?,17?,18?,20-,21+,22-,23+,24+,25?/m0/s1. The Morgan fingerprint density at radius 3 is 2.28 bits per heavy atom. The molecule has 4 aliphatic carbocycles. The molecule has 1 aromatic rings. The lowest BCUT2D eigenvalue weighted by Gasteiger charge is -2.56. The van der Waals surface area contributed by atoms with Gasteiger partial charge in [0.05, 0.1) is 63.4 Å². The Morgan fingerprint density at radius 1 is 1.06 bits per heavy atom. The molecule has 0 aromatic carbocycles. The topological polar surface area (TPSA) is 153 Å². The second-order valence-corrected chi connectivity index (χ2v) is 11.8. The highest BCUT2D eigenvalue weighted by molar-refractivity contribution is 5.73. The van der Waals surface area contributed by atoms with Gasteiger partial charge in [0.1, 0.15) is 11.8 Å². The average molecular weight is 508 g/mol. The average Bonchev–Trinajstić information content (AvgIpc) is 3.27. The molecule has 6 rings (SSSR count). The van der Waals surface area contributed by atoms with E-state index in [4.69, 9.17) is 4.74 Å². The number of aliphatic hydroxyl groups is 4. The highest BCUT2D eigenvalue weighted by Crippen LogP contribution is 2.60. The van der Waals surface area contributed by atoms with E-state index >= 15 is 0 Å². The molecule has 1 amide bonds. The second kappa shape index (κ2) is 10.6. The monoisotopic (exact) mass is 507 g/mol. The first-order valence-electron chi connectivity index (χ1n) is 13.4. The molecule has 11 heteroatoms. The van der Waals surface area contributed by atoms with Crippen LogP contribution in [0, 0.1) is 23.2 Å². The molecule has 5 N–H and O–H groups in total. The van der Waals surface area contributed by atoms with Crippen LogP contribution in [0.25, 0.3) is 0 Å². The van der Waals surface area contributed by atoms with Gasteiger partial charge in [-0.15, -0.1) is 5.10 Å². The molecule has 0 unspecified atom stereocenters. The number of hydrogen-bond donors (Lipinski definition) is 5. The summed E-state index contributed by atoms with van der Waals surface area (Å²) in [6, 6.07) is -2.32. The number of piperidine rings is 1. The smallest absolute Gasteiger partial charge is 0.217 e. The summed E-state index contributed by atoms with van der Waals surface area (Å²) in [5.41, 5.74) is 1.11. The zero-order valence-electron chi connectivity index (χ0n) is 21.1. The van der Waals surface area contributed by atoms with Crippen LogP contribution >= 0.6 is 0 Å². The molecule has 1 aromatic heterocycles. The van der Waals surface area contributed by atoms with Gasteiger partial charge in [-0.3, -0.25) is 14.4 Å². The third-order valence-electron chi connectivity index (χ3n) is 9.12. The van der Waals surface area contributed by atoms with Crippen molar-refractivity contribution in [2.24, 2.45) is 23.2 Å². The molecular weight excluding hydrogens is 466 g/mol. The maximum Gasteiger partial charge on any atom is 0.217 e. The fourth-order valence-corrected chi connectivity index (χ4v) is 8.07. The van der Waals surface area contributed by atoms with Gasteiger partial charge in [0.25, 0.3) is 0 Å². The van der Waals surface area contributed by atoms with Crippen LogP contribution in [0.5, 0.6) is 0 Å². The Kier molecular flexibility index (Phi) is 7.67. The molecule has 5 aliphatic rings. The summed E-state index contributed by atoms with van der Waals surface area (Å²) in [5, 5.41) is 52.0. The Bertz CT molecular complexity index is 876. The van der Waals surface area contributed by atoms with Crippen molar-refractivity contribution in [2.75, 3.05) is 26.4 Å². The summed E-state index contributed by atoms with van der Waals surface area (Å²) in [4.78, 5) is 13.4. The molecule has 5 atom stereocenters. The van der Waals surface area contributed by atoms with Crippen molar-refractivity contribution in [3.8, 4) is 0 Å². The van der Waals surface area contributed by atoms with E-state index in [0.29, 0.717) is 25.1 Å². The number of carbonyl (C=O) groups is 1. The van der Waals surface area contributed by atoms with Crippen molar-refractivity contribution >= 4 is 5.91 Å². The zero-order valence-corrected chi connectivity index (χ0v) is 21.1. The number of aromatic nitrogens is 3. The van der Waals surface area contributed by atoms with Crippen molar-refractivity contribution in [2.45, 2.75) is 88.9 Å². The molecule has 5 fully saturated rings. The van der Waals surface area contributed by atoms with Crippen LogP contribution in [0.4, 0.5) is 0 Å². The molecule has 202 valence electrons. The van der Waals surface area contributed by atoms with Crippen molar-refractivity contribution in [3.63, 3.8) is 0 Å². The first-order chi connectivity index (χ1) is 17.3. The zero-order chi connectivity index (χ0) is 25.4. The van der Waals surface area contributed by atoms with Gasteiger partial charge in [-0.2, -0.15) is 0 Å². The fraction of sp³-hybridized carbons (Fsp3) is 0.880. The Balaban J connectivity index is 1.16. The van der Waals surface area contributed by atoms with Crippen LogP contribution in [-0.4, -0.2) is 103 Å². The molecule has 1 aliphatic heterocycles. The number of likely N-dealkylation sites (tertiary alicyclic amines) is 1. The maximum absolute atomic E-state index is 11.6. The first kappa shape index (κ1) is 26.0. The SMILES string of the molecule is CC(=O)N[C@@H]1[C@@H](O)[C@H](O)[C@@H](CO)N(CCn2cc(COCC34CC5CC(CC(C5)C3)C4)nn2)[C@H]1CO. The summed E-state index contributed by atoms with van der Waals surface area (Å²) >= 11 is 0. The molecule has 4 bridgehead atoms. The van der Waals surface area contributed by atoms with Gasteiger partial charge < -0.3 is 30.5 Å². The number of hydrogen-bond acceptors (Lipinski definition) is 9. The minimum absolute atomic E-state index is 0.327. The van der Waals surface area contributed by atoms with Crippen molar-refractivity contribution < 1.29 is 30.0 Å². The molecule has 0 radical (unpaired) electrons. The molecule has 0 spiro atoms. The van der Waals surface area contributed by atoms with Gasteiger partial charge >= 0.3 is 0 Å². The van der Waals surface area contributed by atoms with Crippen molar-refractivity contribution in [3.05, 3.63) is 11.9 Å². The van der Waals surface area contributed by atoms with Crippen molar-refractivity contribution in [1.29, 1.82) is 0 Å². The highest BCUT2D eigenvalue weighted by atomic mass is 16.5. The van der Waals surface area contributed by atoms with Crippen LogP contribution in [0.3, 0.4) is 0 Å². The van der Waals surface area contributed by atoms with E-state index in [1.807, 2.05) is 6.20 Å². The molecular formula is C25H41N5O6. The van der Waals surface area contributed by atoms with E-state index in [-0.39, 0.29) is 12.5 Å². The first-order valence-corrected chi connectivity index (χ1v) is 13.4. The van der Waals surface area contributed by atoms with Crippen LogP contribution in [-0.2, 0) is 22.7 Å². The Labute approximate surface area is 211 Å². The second-order valence-electron chi connectivity index (χ2n) is 11.8. The lowest BCUT2D eigenvalue weighted by atomic mass is 9.50. The van der Waals surface area contributed by atoms with Crippen LogP contribution < -0.4 is 5.32 Å². The van der Waals surface area contributed by atoms with Crippen LogP contribution in [0.1, 0.15) is 51.1 Å². The lowest BCUT2D eigenvalue weighted by Crippen LogP contribution is -2.72. The van der Waals surface area contributed by atoms with Crippen molar-refractivity contribution in [1.82, 2.24) is 25.2 Å². The molecule has 36 heavy (non-hydrogen) atoms. The largest absolute Gasteiger partial charge is 0.395 e. The summed E-state index contributed by atoms with van der Waals surface area (Å²) in [6.45, 7) is 2.49. The van der Waals surface area contributed by atoms with E-state index in [2.05, 4.69) is 15.6 Å². The number of nitrogens with zero attached hydrogens (tertiary/aromatic N) is 4. The van der Waals surface area contributed by atoms with Gasteiger partial charge in [-0.25, -0.2) is 0 Å². The number of ether oxygens (including phenoxy) is 1. The van der Waals surface area contributed by atoms with Gasteiger partial charge in [0.15, 0.2) is 0 Å². The van der Waals surface area contributed by atoms with E-state index < -0.39 is 36.9 Å². The molecule has 2 heterocycles. The summed E-state index contributed by atoms with van der Waals surface area (Å²) < 4.78 is 7.84. The summed E-state index contributed by atoms with van der Waals surface area (Å²) in [6.07, 6.45) is 7.42.